The zero-order valence-electron chi connectivity index (χ0n) is 11.8. The van der Waals surface area contributed by atoms with Crippen molar-refractivity contribution in [1.82, 2.24) is 5.32 Å². The second-order valence-corrected chi connectivity index (χ2v) is 7.76. The van der Waals surface area contributed by atoms with E-state index in [1.54, 1.807) is 12.1 Å². The molecule has 0 aliphatic carbocycles. The van der Waals surface area contributed by atoms with Crippen LogP contribution in [0, 0.1) is 11.7 Å². The number of amides is 1. The molecule has 1 unspecified atom stereocenters. The Balaban J connectivity index is 1.63. The highest BCUT2D eigenvalue weighted by atomic mass is 32.2. The maximum atomic E-state index is 12.7. The summed E-state index contributed by atoms with van der Waals surface area (Å²) in [5, 5.41) is 2.81. The van der Waals surface area contributed by atoms with Gasteiger partial charge in [0, 0.05) is 13.0 Å². The fraction of sp³-hybridized carbons (Fsp3) is 0.533. The van der Waals surface area contributed by atoms with Gasteiger partial charge in [0.2, 0.25) is 5.91 Å². The van der Waals surface area contributed by atoms with E-state index in [1.807, 2.05) is 0 Å². The number of benzene rings is 1. The van der Waals surface area contributed by atoms with E-state index in [0.717, 1.165) is 5.56 Å². The molecular formula is C15H20FNO3S. The molecule has 1 aliphatic rings. The van der Waals surface area contributed by atoms with E-state index < -0.39 is 9.84 Å². The highest BCUT2D eigenvalue weighted by molar-refractivity contribution is 7.91. The summed E-state index contributed by atoms with van der Waals surface area (Å²) in [6.45, 7) is 0.516. The molecule has 4 nitrogen and oxygen atoms in total. The van der Waals surface area contributed by atoms with E-state index in [9.17, 15) is 17.6 Å². The van der Waals surface area contributed by atoms with E-state index >= 15 is 0 Å². The van der Waals surface area contributed by atoms with Crippen LogP contribution in [0.15, 0.2) is 24.3 Å². The van der Waals surface area contributed by atoms with E-state index in [4.69, 9.17) is 0 Å². The van der Waals surface area contributed by atoms with Gasteiger partial charge in [-0.15, -0.1) is 0 Å². The second-order valence-electron chi connectivity index (χ2n) is 5.53. The maximum Gasteiger partial charge on any atom is 0.220 e. The minimum Gasteiger partial charge on any atom is -0.356 e. The highest BCUT2D eigenvalue weighted by Gasteiger charge is 2.27. The molecule has 6 heteroatoms. The highest BCUT2D eigenvalue weighted by Crippen LogP contribution is 2.20. The largest absolute Gasteiger partial charge is 0.356 e. The van der Waals surface area contributed by atoms with Crippen molar-refractivity contribution in [3.05, 3.63) is 35.6 Å². The molecule has 1 amide bonds. The van der Waals surface area contributed by atoms with Crippen molar-refractivity contribution in [3.8, 4) is 0 Å². The van der Waals surface area contributed by atoms with Crippen molar-refractivity contribution >= 4 is 15.7 Å². The van der Waals surface area contributed by atoms with Gasteiger partial charge in [-0.05, 0) is 42.9 Å². The number of nitrogens with one attached hydrogen (secondary N) is 1. The Hall–Kier alpha value is -1.43. The number of sulfone groups is 1. The van der Waals surface area contributed by atoms with Crippen molar-refractivity contribution in [2.45, 2.75) is 25.7 Å². The van der Waals surface area contributed by atoms with E-state index in [-0.39, 0.29) is 29.1 Å². The van der Waals surface area contributed by atoms with Crippen LogP contribution in [0.1, 0.15) is 24.8 Å². The van der Waals surface area contributed by atoms with Gasteiger partial charge in [-0.1, -0.05) is 12.1 Å². The zero-order chi connectivity index (χ0) is 15.3. The number of carbonyl (C=O) groups excluding carboxylic acids is 1. The van der Waals surface area contributed by atoms with Crippen LogP contribution in [0.25, 0.3) is 0 Å². The van der Waals surface area contributed by atoms with Gasteiger partial charge in [0.1, 0.15) is 5.82 Å². The van der Waals surface area contributed by atoms with Crippen molar-refractivity contribution in [1.29, 1.82) is 0 Å². The van der Waals surface area contributed by atoms with E-state index in [0.29, 0.717) is 32.2 Å². The summed E-state index contributed by atoms with van der Waals surface area (Å²) in [6, 6.07) is 6.11. The summed E-state index contributed by atoms with van der Waals surface area (Å²) < 4.78 is 35.3. The Kier molecular flexibility index (Phi) is 5.33. The summed E-state index contributed by atoms with van der Waals surface area (Å²) in [5.41, 5.74) is 0.924. The minimum absolute atomic E-state index is 0.0554. The number of carbonyl (C=O) groups is 1. The average molecular weight is 313 g/mol. The number of hydrogen-bond acceptors (Lipinski definition) is 3. The first-order valence-corrected chi connectivity index (χ1v) is 8.98. The number of rotatable bonds is 6. The lowest BCUT2D eigenvalue weighted by atomic mass is 10.1. The van der Waals surface area contributed by atoms with Crippen LogP contribution >= 0.6 is 0 Å². The third-order valence-corrected chi connectivity index (χ3v) is 5.59. The van der Waals surface area contributed by atoms with Crippen molar-refractivity contribution in [2.24, 2.45) is 5.92 Å². The molecule has 1 heterocycles. The fourth-order valence-corrected chi connectivity index (χ4v) is 4.42. The van der Waals surface area contributed by atoms with Crippen LogP contribution in [0.5, 0.6) is 0 Å². The van der Waals surface area contributed by atoms with E-state index in [1.165, 1.54) is 12.1 Å². The van der Waals surface area contributed by atoms with Crippen molar-refractivity contribution in [3.63, 3.8) is 0 Å². The van der Waals surface area contributed by atoms with Crippen LogP contribution in [-0.2, 0) is 21.1 Å². The van der Waals surface area contributed by atoms with Gasteiger partial charge in [-0.2, -0.15) is 0 Å². The van der Waals surface area contributed by atoms with Gasteiger partial charge in [-0.25, -0.2) is 12.8 Å². The first kappa shape index (κ1) is 15.9. The lowest BCUT2D eigenvalue weighted by Gasteiger charge is -2.09. The molecule has 0 saturated carbocycles. The Morgan fingerprint density at radius 3 is 2.62 bits per heavy atom. The predicted molar refractivity (Wildman–Crippen MR) is 79.1 cm³/mol. The van der Waals surface area contributed by atoms with Gasteiger partial charge < -0.3 is 5.32 Å². The molecule has 0 aromatic heterocycles. The number of halogens is 1. The maximum absolute atomic E-state index is 12.7. The Morgan fingerprint density at radius 2 is 2.00 bits per heavy atom. The number of hydrogen-bond donors (Lipinski definition) is 1. The summed E-state index contributed by atoms with van der Waals surface area (Å²) in [7, 11) is -2.84. The van der Waals surface area contributed by atoms with Crippen molar-refractivity contribution in [2.75, 3.05) is 18.1 Å². The zero-order valence-corrected chi connectivity index (χ0v) is 12.7. The standard InChI is InChI=1S/C15H20FNO3S/c16-14-4-1-12(2-5-14)3-6-15(18)17-9-7-13-8-10-21(19,20)11-13/h1-2,4-5,13H,3,6-11H2,(H,17,18). The van der Waals surface area contributed by atoms with E-state index in [2.05, 4.69) is 5.32 Å². The predicted octanol–water partition coefficient (Wildman–Crippen LogP) is 1.70. The van der Waals surface area contributed by atoms with Gasteiger partial charge in [-0.3, -0.25) is 4.79 Å². The third-order valence-electron chi connectivity index (χ3n) is 3.76. The van der Waals surface area contributed by atoms with Crippen LogP contribution in [0.2, 0.25) is 0 Å². The topological polar surface area (TPSA) is 63.2 Å². The minimum atomic E-state index is -2.84. The Bertz CT molecular complexity index is 583. The molecule has 1 fully saturated rings. The fourth-order valence-electron chi connectivity index (χ4n) is 2.51. The Labute approximate surface area is 124 Å². The first-order chi connectivity index (χ1) is 9.94. The second kappa shape index (κ2) is 7.02. The summed E-state index contributed by atoms with van der Waals surface area (Å²) in [4.78, 5) is 11.7. The molecule has 1 aromatic carbocycles. The lowest BCUT2D eigenvalue weighted by molar-refractivity contribution is -0.121. The van der Waals surface area contributed by atoms with Crippen LogP contribution in [0.4, 0.5) is 4.39 Å². The normalized spacial score (nSPS) is 20.3. The van der Waals surface area contributed by atoms with Gasteiger partial charge in [0.15, 0.2) is 9.84 Å². The molecule has 1 saturated heterocycles. The molecule has 2 rings (SSSR count). The molecular weight excluding hydrogens is 293 g/mol. The van der Waals surface area contributed by atoms with Crippen LogP contribution in [-0.4, -0.2) is 32.4 Å². The van der Waals surface area contributed by atoms with Gasteiger partial charge >= 0.3 is 0 Å². The smallest absolute Gasteiger partial charge is 0.220 e. The van der Waals surface area contributed by atoms with Crippen LogP contribution < -0.4 is 5.32 Å². The lowest BCUT2D eigenvalue weighted by Crippen LogP contribution is -2.26. The summed E-state index contributed by atoms with van der Waals surface area (Å²) in [5.74, 6) is 0.358. The number of aryl methyl sites for hydroxylation is 1. The molecule has 0 spiro atoms. The molecule has 116 valence electrons. The van der Waals surface area contributed by atoms with Crippen molar-refractivity contribution < 1.29 is 17.6 Å². The first-order valence-electron chi connectivity index (χ1n) is 7.16. The summed E-state index contributed by atoms with van der Waals surface area (Å²) >= 11 is 0. The quantitative estimate of drug-likeness (QED) is 0.869. The third kappa shape index (κ3) is 5.46. The molecule has 0 bridgehead atoms. The molecule has 0 radical (unpaired) electrons. The average Bonchev–Trinajstić information content (AvgIpc) is 2.78. The van der Waals surface area contributed by atoms with Crippen LogP contribution in [0.3, 0.4) is 0 Å². The van der Waals surface area contributed by atoms with Gasteiger partial charge in [0.05, 0.1) is 11.5 Å². The molecule has 1 aliphatic heterocycles. The molecule has 1 aromatic rings. The Morgan fingerprint density at radius 1 is 1.29 bits per heavy atom. The summed E-state index contributed by atoms with van der Waals surface area (Å²) in [6.07, 6.45) is 2.34. The molecule has 1 atom stereocenters. The SMILES string of the molecule is O=C(CCc1ccc(F)cc1)NCCC1CCS(=O)(=O)C1. The molecule has 21 heavy (non-hydrogen) atoms. The molecule has 1 N–H and O–H groups in total. The monoisotopic (exact) mass is 313 g/mol. The van der Waals surface area contributed by atoms with Gasteiger partial charge in [0.25, 0.3) is 0 Å².